The first-order valence-electron chi connectivity index (χ1n) is 4.17. The molecule has 0 saturated heterocycles. The van der Waals surface area contributed by atoms with Crippen LogP contribution in [0.3, 0.4) is 0 Å². The molecule has 4 nitrogen and oxygen atoms in total. The number of carboxylic acid groups (broad SMARTS) is 1. The van der Waals surface area contributed by atoms with Gasteiger partial charge in [0.15, 0.2) is 6.21 Å². The van der Waals surface area contributed by atoms with Crippen LogP contribution in [0.1, 0.15) is 18.6 Å². The molecule has 0 amide bonds. The summed E-state index contributed by atoms with van der Waals surface area (Å²) < 4.78 is 0. The van der Waals surface area contributed by atoms with E-state index in [2.05, 4.69) is 5.16 Å². The maximum Gasteiger partial charge on any atom is 0.350 e. The van der Waals surface area contributed by atoms with E-state index in [1.54, 1.807) is 6.92 Å². The van der Waals surface area contributed by atoms with Crippen molar-refractivity contribution in [2.24, 2.45) is 5.16 Å². The highest BCUT2D eigenvalue weighted by Gasteiger charge is 2.03. The summed E-state index contributed by atoms with van der Waals surface area (Å²) >= 11 is 0. The minimum Gasteiger partial charge on any atom is -0.477 e. The molecule has 0 aliphatic carbocycles. The summed E-state index contributed by atoms with van der Waals surface area (Å²) in [7, 11) is 0. The first kappa shape index (κ1) is 10.2. The maximum absolute atomic E-state index is 10.1. The van der Waals surface area contributed by atoms with Crippen molar-refractivity contribution in [1.29, 1.82) is 0 Å². The lowest BCUT2D eigenvalue weighted by Gasteiger charge is -2.08. The number of aliphatic carboxylic acids is 1. The van der Waals surface area contributed by atoms with E-state index in [-0.39, 0.29) is 6.10 Å². The van der Waals surface area contributed by atoms with Gasteiger partial charge in [0.2, 0.25) is 0 Å². The van der Waals surface area contributed by atoms with Crippen LogP contribution < -0.4 is 0 Å². The molecule has 0 fully saturated rings. The molecule has 4 heteroatoms. The lowest BCUT2D eigenvalue weighted by Crippen LogP contribution is -1.99. The third-order valence-electron chi connectivity index (χ3n) is 1.65. The van der Waals surface area contributed by atoms with E-state index in [4.69, 9.17) is 9.94 Å². The first-order chi connectivity index (χ1) is 6.70. The Labute approximate surface area is 81.8 Å². The molecular formula is C10H11NO3. The highest BCUT2D eigenvalue weighted by Crippen LogP contribution is 2.15. The van der Waals surface area contributed by atoms with Gasteiger partial charge >= 0.3 is 5.97 Å². The van der Waals surface area contributed by atoms with Gasteiger partial charge in [-0.05, 0) is 12.5 Å². The first-order valence-corrected chi connectivity index (χ1v) is 4.17. The van der Waals surface area contributed by atoms with Crippen molar-refractivity contribution >= 4 is 12.2 Å². The number of hydrogen-bond donors (Lipinski definition) is 1. The van der Waals surface area contributed by atoms with E-state index in [0.717, 1.165) is 11.8 Å². The maximum atomic E-state index is 10.1. The van der Waals surface area contributed by atoms with Crippen molar-refractivity contribution in [2.45, 2.75) is 13.0 Å². The van der Waals surface area contributed by atoms with Crippen molar-refractivity contribution in [3.63, 3.8) is 0 Å². The topological polar surface area (TPSA) is 58.9 Å². The number of carbonyl (C=O) groups is 1. The molecule has 14 heavy (non-hydrogen) atoms. The summed E-state index contributed by atoms with van der Waals surface area (Å²) in [6.07, 6.45) is 0.478. The monoisotopic (exact) mass is 193 g/mol. The summed E-state index contributed by atoms with van der Waals surface area (Å²) in [6.45, 7) is 1.80. The normalized spacial score (nSPS) is 12.6. The van der Waals surface area contributed by atoms with Crippen molar-refractivity contribution < 1.29 is 14.7 Å². The van der Waals surface area contributed by atoms with E-state index in [1.165, 1.54) is 0 Å². The van der Waals surface area contributed by atoms with E-state index in [1.807, 2.05) is 30.3 Å². The lowest BCUT2D eigenvalue weighted by atomic mass is 10.1. The zero-order valence-electron chi connectivity index (χ0n) is 7.75. The van der Waals surface area contributed by atoms with E-state index < -0.39 is 5.97 Å². The Bertz CT molecular complexity index is 321. The van der Waals surface area contributed by atoms with Crippen molar-refractivity contribution in [3.05, 3.63) is 35.9 Å². The fourth-order valence-corrected chi connectivity index (χ4v) is 0.952. The second-order valence-corrected chi connectivity index (χ2v) is 2.73. The van der Waals surface area contributed by atoms with Crippen LogP contribution in [0.2, 0.25) is 0 Å². The van der Waals surface area contributed by atoms with Gasteiger partial charge < -0.3 is 9.94 Å². The fraction of sp³-hybridized carbons (Fsp3) is 0.200. The van der Waals surface area contributed by atoms with Crippen LogP contribution in [-0.2, 0) is 9.63 Å². The minimum atomic E-state index is -1.12. The lowest BCUT2D eigenvalue weighted by molar-refractivity contribution is -0.129. The van der Waals surface area contributed by atoms with Gasteiger partial charge in [0.05, 0.1) is 0 Å². The molecule has 1 unspecified atom stereocenters. The van der Waals surface area contributed by atoms with Crippen LogP contribution in [0.25, 0.3) is 0 Å². The van der Waals surface area contributed by atoms with Gasteiger partial charge in [0.25, 0.3) is 0 Å². The second-order valence-electron chi connectivity index (χ2n) is 2.73. The molecule has 1 aromatic rings. The van der Waals surface area contributed by atoms with Gasteiger partial charge in [0.1, 0.15) is 6.10 Å². The molecule has 0 aliphatic heterocycles. The van der Waals surface area contributed by atoms with Crippen LogP contribution in [0.5, 0.6) is 0 Å². The molecule has 1 aromatic carbocycles. The Morgan fingerprint density at radius 3 is 2.71 bits per heavy atom. The van der Waals surface area contributed by atoms with Crippen LogP contribution in [0, 0.1) is 0 Å². The number of nitrogens with zero attached hydrogens (tertiary/aromatic N) is 1. The quantitative estimate of drug-likeness (QED) is 0.586. The van der Waals surface area contributed by atoms with Gasteiger partial charge in [-0.25, -0.2) is 4.79 Å². The Hall–Kier alpha value is -1.84. The number of benzene rings is 1. The minimum absolute atomic E-state index is 0.244. The average Bonchev–Trinajstić information content (AvgIpc) is 2.18. The average molecular weight is 193 g/mol. The molecular weight excluding hydrogens is 182 g/mol. The summed E-state index contributed by atoms with van der Waals surface area (Å²) in [5.41, 5.74) is 0.954. The fourth-order valence-electron chi connectivity index (χ4n) is 0.952. The summed E-state index contributed by atoms with van der Waals surface area (Å²) in [5, 5.41) is 11.6. The summed E-state index contributed by atoms with van der Waals surface area (Å²) in [6, 6.07) is 9.45. The zero-order valence-corrected chi connectivity index (χ0v) is 7.75. The molecule has 0 heterocycles. The van der Waals surface area contributed by atoms with Crippen LogP contribution in [0.4, 0.5) is 0 Å². The van der Waals surface area contributed by atoms with Crippen LogP contribution in [-0.4, -0.2) is 17.3 Å². The Morgan fingerprint density at radius 2 is 2.14 bits per heavy atom. The second kappa shape index (κ2) is 5.01. The van der Waals surface area contributed by atoms with Gasteiger partial charge in [-0.15, -0.1) is 0 Å². The highest BCUT2D eigenvalue weighted by molar-refractivity contribution is 6.21. The van der Waals surface area contributed by atoms with Gasteiger partial charge in [-0.2, -0.15) is 0 Å². The zero-order chi connectivity index (χ0) is 10.4. The van der Waals surface area contributed by atoms with Crippen LogP contribution >= 0.6 is 0 Å². The SMILES string of the molecule is CC(O/N=C\C(=O)O)c1ccccc1. The number of carboxylic acids is 1. The highest BCUT2D eigenvalue weighted by atomic mass is 16.6. The standard InChI is InChI=1S/C10H11NO3/c1-8(14-11-7-10(12)13)9-5-3-2-4-6-9/h2-8H,1H3,(H,12,13)/b11-7-. The molecule has 1 atom stereocenters. The van der Waals surface area contributed by atoms with Crippen molar-refractivity contribution in [3.8, 4) is 0 Å². The van der Waals surface area contributed by atoms with E-state index >= 15 is 0 Å². The third kappa shape index (κ3) is 3.26. The molecule has 1 N–H and O–H groups in total. The number of hydrogen-bond acceptors (Lipinski definition) is 3. The molecule has 1 rings (SSSR count). The van der Waals surface area contributed by atoms with Crippen LogP contribution in [0.15, 0.2) is 35.5 Å². The van der Waals surface area contributed by atoms with E-state index in [9.17, 15) is 4.79 Å². The van der Waals surface area contributed by atoms with Gasteiger partial charge in [0, 0.05) is 0 Å². The third-order valence-corrected chi connectivity index (χ3v) is 1.65. The Kier molecular flexibility index (Phi) is 3.67. The van der Waals surface area contributed by atoms with Gasteiger partial charge in [-0.3, -0.25) is 0 Å². The predicted molar refractivity (Wildman–Crippen MR) is 52.1 cm³/mol. The summed E-state index contributed by atoms with van der Waals surface area (Å²) in [4.78, 5) is 15.0. The number of rotatable bonds is 4. The Balaban J connectivity index is 2.51. The largest absolute Gasteiger partial charge is 0.477 e. The molecule has 0 saturated carbocycles. The smallest absolute Gasteiger partial charge is 0.350 e. The Morgan fingerprint density at radius 1 is 1.50 bits per heavy atom. The molecule has 0 aliphatic rings. The van der Waals surface area contributed by atoms with E-state index in [0.29, 0.717) is 0 Å². The number of oxime groups is 1. The molecule has 0 radical (unpaired) electrons. The molecule has 74 valence electrons. The molecule has 0 bridgehead atoms. The predicted octanol–water partition coefficient (Wildman–Crippen LogP) is 1.83. The molecule has 0 aromatic heterocycles. The van der Waals surface area contributed by atoms with Crippen molar-refractivity contribution in [1.82, 2.24) is 0 Å². The molecule has 0 spiro atoms. The van der Waals surface area contributed by atoms with Gasteiger partial charge in [-0.1, -0.05) is 35.5 Å². The summed E-state index contributed by atoms with van der Waals surface area (Å²) in [5.74, 6) is -1.12. The van der Waals surface area contributed by atoms with Crippen molar-refractivity contribution in [2.75, 3.05) is 0 Å².